The van der Waals surface area contributed by atoms with Crippen LogP contribution in [0.4, 0.5) is 11.4 Å². The van der Waals surface area contributed by atoms with Crippen LogP contribution in [0, 0.1) is 0 Å². The number of para-hydroxylation sites is 2. The molecule has 0 unspecified atom stereocenters. The predicted octanol–water partition coefficient (Wildman–Crippen LogP) is 8.89. The summed E-state index contributed by atoms with van der Waals surface area (Å²) in [5.74, 6) is 2.75. The van der Waals surface area contributed by atoms with Gasteiger partial charge in [-0.05, 0) is 97.3 Å². The Morgan fingerprint density at radius 1 is 0.484 bits per heavy atom. The molecule has 2 heteroatoms. The standard InChI is InChI=1S/C29H34N2/c1-7-20(8-1)24-15-5-16-25(21-9-2-10-21)28(24)30-19-31-29-26(22-11-3-12-22)17-6-18-27(29)23-13-4-14-23/h5-6,15-18,20-23H,1-4,7-14H2. The fraction of sp³-hybridized carbons (Fsp3) is 0.552. The summed E-state index contributed by atoms with van der Waals surface area (Å²) in [5.41, 5.74) is 8.20. The van der Waals surface area contributed by atoms with Crippen LogP contribution in [0.25, 0.3) is 0 Å². The Balaban J connectivity index is 1.40. The topological polar surface area (TPSA) is 24.7 Å². The molecule has 2 aromatic carbocycles. The number of rotatable bonds is 6. The molecule has 0 heterocycles. The van der Waals surface area contributed by atoms with Crippen LogP contribution in [0.15, 0.2) is 46.4 Å². The molecule has 0 N–H and O–H groups in total. The van der Waals surface area contributed by atoms with E-state index in [1.165, 1.54) is 111 Å². The lowest BCUT2D eigenvalue weighted by Gasteiger charge is -2.31. The van der Waals surface area contributed by atoms with E-state index < -0.39 is 0 Å². The number of hydrogen-bond donors (Lipinski definition) is 0. The van der Waals surface area contributed by atoms with Crippen molar-refractivity contribution >= 4 is 17.4 Å². The number of benzene rings is 2. The van der Waals surface area contributed by atoms with Crippen molar-refractivity contribution in [2.24, 2.45) is 9.98 Å². The summed E-state index contributed by atoms with van der Waals surface area (Å²) in [6.45, 7) is 0. The Labute approximate surface area is 186 Å². The van der Waals surface area contributed by atoms with Crippen molar-refractivity contribution in [1.29, 1.82) is 0 Å². The van der Waals surface area contributed by atoms with E-state index in [4.69, 9.17) is 9.98 Å². The van der Waals surface area contributed by atoms with Crippen LogP contribution in [0.3, 0.4) is 0 Å². The van der Waals surface area contributed by atoms with Gasteiger partial charge in [-0.25, -0.2) is 0 Å². The van der Waals surface area contributed by atoms with Gasteiger partial charge < -0.3 is 0 Å². The first-order valence-electron chi connectivity index (χ1n) is 12.8. The fourth-order valence-corrected chi connectivity index (χ4v) is 5.74. The molecule has 2 aromatic rings. The van der Waals surface area contributed by atoms with Gasteiger partial charge in [0.1, 0.15) is 6.01 Å². The van der Waals surface area contributed by atoms with Gasteiger partial charge >= 0.3 is 0 Å². The molecule has 0 amide bonds. The van der Waals surface area contributed by atoms with Crippen molar-refractivity contribution in [3.05, 3.63) is 58.7 Å². The Bertz CT molecular complexity index is 869. The lowest BCUT2D eigenvalue weighted by Crippen LogP contribution is -2.13. The van der Waals surface area contributed by atoms with Gasteiger partial charge in [0.2, 0.25) is 0 Å². The average molecular weight is 411 g/mol. The van der Waals surface area contributed by atoms with Crippen LogP contribution in [0.5, 0.6) is 0 Å². The Morgan fingerprint density at radius 2 is 0.774 bits per heavy atom. The first-order valence-corrected chi connectivity index (χ1v) is 12.8. The molecule has 4 saturated carbocycles. The second kappa shape index (κ2) is 8.40. The van der Waals surface area contributed by atoms with Crippen molar-refractivity contribution < 1.29 is 0 Å². The normalized spacial score (nSPS) is 21.9. The fourth-order valence-electron chi connectivity index (χ4n) is 5.74. The largest absolute Gasteiger partial charge is 0.187 e. The summed E-state index contributed by atoms with van der Waals surface area (Å²) in [6.07, 6.45) is 15.9. The maximum atomic E-state index is 4.98. The molecule has 6 rings (SSSR count). The van der Waals surface area contributed by atoms with E-state index in [2.05, 4.69) is 42.4 Å². The van der Waals surface area contributed by atoms with E-state index in [1.807, 2.05) is 0 Å². The summed E-state index contributed by atoms with van der Waals surface area (Å²) in [5, 5.41) is 0. The van der Waals surface area contributed by atoms with Crippen molar-refractivity contribution in [2.75, 3.05) is 0 Å². The van der Waals surface area contributed by atoms with E-state index >= 15 is 0 Å². The molecule has 4 fully saturated rings. The lowest BCUT2D eigenvalue weighted by atomic mass is 9.74. The highest BCUT2D eigenvalue weighted by Crippen LogP contribution is 2.49. The molecule has 0 saturated heterocycles. The van der Waals surface area contributed by atoms with Crippen LogP contribution in [0.2, 0.25) is 0 Å². The highest BCUT2D eigenvalue weighted by molar-refractivity contribution is 5.67. The molecular weight excluding hydrogens is 376 g/mol. The van der Waals surface area contributed by atoms with Gasteiger partial charge in [-0.1, -0.05) is 62.1 Å². The maximum absolute atomic E-state index is 4.98. The van der Waals surface area contributed by atoms with Crippen molar-refractivity contribution in [2.45, 2.75) is 101 Å². The van der Waals surface area contributed by atoms with Gasteiger partial charge in [0, 0.05) is 0 Å². The lowest BCUT2D eigenvalue weighted by molar-refractivity contribution is 0.410. The third-order valence-electron chi connectivity index (χ3n) is 8.70. The van der Waals surface area contributed by atoms with Crippen molar-refractivity contribution in [3.8, 4) is 0 Å². The highest BCUT2D eigenvalue weighted by atomic mass is 14.8. The molecular formula is C29H34N2. The van der Waals surface area contributed by atoms with Crippen LogP contribution in [0.1, 0.15) is 123 Å². The summed E-state index contributed by atoms with van der Waals surface area (Å²) in [7, 11) is 0. The van der Waals surface area contributed by atoms with Gasteiger partial charge in [-0.2, -0.15) is 9.98 Å². The smallest absolute Gasteiger partial charge is 0.101 e. The van der Waals surface area contributed by atoms with E-state index in [1.54, 1.807) is 0 Å². The van der Waals surface area contributed by atoms with Crippen LogP contribution in [-0.2, 0) is 0 Å². The third-order valence-corrected chi connectivity index (χ3v) is 8.70. The first kappa shape index (κ1) is 19.5. The van der Waals surface area contributed by atoms with Crippen LogP contribution >= 0.6 is 0 Å². The predicted molar refractivity (Wildman–Crippen MR) is 128 cm³/mol. The molecule has 4 aliphatic rings. The number of hydrogen-bond acceptors (Lipinski definition) is 2. The summed E-state index contributed by atoms with van der Waals surface area (Å²) >= 11 is 0. The van der Waals surface area contributed by atoms with E-state index in [-0.39, 0.29) is 0 Å². The summed E-state index contributed by atoms with van der Waals surface area (Å²) in [4.78, 5) is 9.96. The second-order valence-electron chi connectivity index (χ2n) is 10.4. The quantitative estimate of drug-likeness (QED) is 0.425. The molecule has 160 valence electrons. The van der Waals surface area contributed by atoms with Crippen LogP contribution in [-0.4, -0.2) is 6.01 Å². The van der Waals surface area contributed by atoms with Gasteiger partial charge in [-0.3, -0.25) is 0 Å². The average Bonchev–Trinajstić information content (AvgIpc) is 2.60. The van der Waals surface area contributed by atoms with E-state index in [0.717, 1.165) is 0 Å². The molecule has 0 bridgehead atoms. The van der Waals surface area contributed by atoms with Gasteiger partial charge in [-0.15, -0.1) is 0 Å². The summed E-state index contributed by atoms with van der Waals surface area (Å²) < 4.78 is 0. The first-order chi connectivity index (χ1) is 15.4. The van der Waals surface area contributed by atoms with Crippen LogP contribution < -0.4 is 0 Å². The monoisotopic (exact) mass is 410 g/mol. The Kier molecular flexibility index (Phi) is 5.28. The molecule has 0 atom stereocenters. The number of nitrogens with zero attached hydrogens (tertiary/aromatic N) is 2. The molecule has 2 nitrogen and oxygen atoms in total. The van der Waals surface area contributed by atoms with Crippen molar-refractivity contribution in [1.82, 2.24) is 0 Å². The minimum absolute atomic E-state index is 0.688. The molecule has 0 spiro atoms. The van der Waals surface area contributed by atoms with E-state index in [0.29, 0.717) is 23.7 Å². The SMILES string of the molecule is C(=Nc1c(C2CCC2)cccc1C1CCC1)=Nc1c(C2CCC2)cccc1C1CCC1. The highest BCUT2D eigenvalue weighted by Gasteiger charge is 2.29. The minimum atomic E-state index is 0.688. The van der Waals surface area contributed by atoms with Gasteiger partial charge in [0.15, 0.2) is 0 Å². The zero-order chi connectivity index (χ0) is 20.6. The van der Waals surface area contributed by atoms with Crippen molar-refractivity contribution in [3.63, 3.8) is 0 Å². The molecule has 0 radical (unpaired) electrons. The molecule has 0 aromatic heterocycles. The number of aliphatic imine (C=N–C) groups is 2. The minimum Gasteiger partial charge on any atom is -0.187 e. The third kappa shape index (κ3) is 3.60. The molecule has 0 aliphatic heterocycles. The van der Waals surface area contributed by atoms with E-state index in [9.17, 15) is 0 Å². The second-order valence-corrected chi connectivity index (χ2v) is 10.4. The maximum Gasteiger partial charge on any atom is 0.101 e. The van der Waals surface area contributed by atoms with Gasteiger partial charge in [0.25, 0.3) is 0 Å². The zero-order valence-electron chi connectivity index (χ0n) is 18.7. The Hall–Kier alpha value is -2.18. The zero-order valence-corrected chi connectivity index (χ0v) is 18.7. The molecule has 31 heavy (non-hydrogen) atoms. The summed E-state index contributed by atoms with van der Waals surface area (Å²) in [6, 6.07) is 17.0. The Morgan fingerprint density at radius 3 is 1.00 bits per heavy atom. The van der Waals surface area contributed by atoms with Gasteiger partial charge in [0.05, 0.1) is 11.4 Å². The molecule has 4 aliphatic carbocycles.